The average molecular weight is 461 g/mol. The van der Waals surface area contributed by atoms with Crippen LogP contribution >= 0.6 is 0 Å². The molecule has 3 aromatic rings. The SMILES string of the molecule is COc1ccc(CCC2CCN(C(=O)[C@H](Cc3ccccc3)NC(=O)c3ccco3)CC2)cc1. The minimum atomic E-state index is -0.629. The maximum atomic E-state index is 13.4. The molecule has 2 heterocycles. The number of benzene rings is 2. The molecule has 1 aliphatic rings. The molecule has 6 heteroatoms. The molecular weight excluding hydrogens is 428 g/mol. The number of furan rings is 1. The van der Waals surface area contributed by atoms with Crippen LogP contribution in [0, 0.1) is 5.92 Å². The maximum absolute atomic E-state index is 13.4. The summed E-state index contributed by atoms with van der Waals surface area (Å²) >= 11 is 0. The van der Waals surface area contributed by atoms with Gasteiger partial charge in [0.2, 0.25) is 5.91 Å². The van der Waals surface area contributed by atoms with Crippen LogP contribution in [0.5, 0.6) is 5.75 Å². The molecule has 0 radical (unpaired) electrons. The number of likely N-dealkylation sites (tertiary alicyclic amines) is 1. The van der Waals surface area contributed by atoms with Crippen LogP contribution in [0.2, 0.25) is 0 Å². The lowest BCUT2D eigenvalue weighted by atomic mass is 9.90. The van der Waals surface area contributed by atoms with Gasteiger partial charge in [0.25, 0.3) is 5.91 Å². The Kier molecular flexibility index (Phi) is 8.02. The van der Waals surface area contributed by atoms with Crippen LogP contribution in [0.3, 0.4) is 0 Å². The van der Waals surface area contributed by atoms with Crippen LogP contribution in [0.4, 0.5) is 0 Å². The number of hydrogen-bond acceptors (Lipinski definition) is 4. The Labute approximate surface area is 200 Å². The third-order valence-electron chi connectivity index (χ3n) is 6.56. The number of amides is 2. The molecule has 0 aliphatic carbocycles. The Balaban J connectivity index is 1.33. The van der Waals surface area contributed by atoms with E-state index in [4.69, 9.17) is 9.15 Å². The third-order valence-corrected chi connectivity index (χ3v) is 6.56. The van der Waals surface area contributed by atoms with E-state index in [-0.39, 0.29) is 17.6 Å². The fourth-order valence-corrected chi connectivity index (χ4v) is 4.51. The fourth-order valence-electron chi connectivity index (χ4n) is 4.51. The average Bonchev–Trinajstić information content (AvgIpc) is 3.43. The van der Waals surface area contributed by atoms with E-state index in [1.54, 1.807) is 19.2 Å². The summed E-state index contributed by atoms with van der Waals surface area (Å²) in [7, 11) is 1.68. The molecule has 2 amide bonds. The molecule has 1 fully saturated rings. The monoisotopic (exact) mass is 460 g/mol. The van der Waals surface area contributed by atoms with Crippen molar-refractivity contribution in [3.63, 3.8) is 0 Å². The molecule has 1 N–H and O–H groups in total. The predicted octanol–water partition coefficient (Wildman–Crippen LogP) is 4.50. The lowest BCUT2D eigenvalue weighted by Crippen LogP contribution is -2.51. The maximum Gasteiger partial charge on any atom is 0.287 e. The lowest BCUT2D eigenvalue weighted by molar-refractivity contribution is -0.134. The first-order valence-electron chi connectivity index (χ1n) is 11.9. The minimum Gasteiger partial charge on any atom is -0.497 e. The van der Waals surface area contributed by atoms with E-state index in [0.29, 0.717) is 25.4 Å². The van der Waals surface area contributed by atoms with Gasteiger partial charge in [0, 0.05) is 19.5 Å². The molecule has 0 bridgehead atoms. The Bertz CT molecular complexity index is 1040. The molecule has 1 aliphatic heterocycles. The van der Waals surface area contributed by atoms with Crippen molar-refractivity contribution < 1.29 is 18.7 Å². The number of methoxy groups -OCH3 is 1. The summed E-state index contributed by atoms with van der Waals surface area (Å²) < 4.78 is 10.4. The molecule has 2 aromatic carbocycles. The number of nitrogens with zero attached hydrogens (tertiary/aromatic N) is 1. The summed E-state index contributed by atoms with van der Waals surface area (Å²) in [6, 6.07) is 20.7. The highest BCUT2D eigenvalue weighted by Gasteiger charge is 2.30. The van der Waals surface area contributed by atoms with Gasteiger partial charge in [-0.3, -0.25) is 9.59 Å². The number of carbonyl (C=O) groups excluding carboxylic acids is 2. The largest absolute Gasteiger partial charge is 0.497 e. The van der Waals surface area contributed by atoms with E-state index >= 15 is 0 Å². The van der Waals surface area contributed by atoms with E-state index in [9.17, 15) is 9.59 Å². The Morgan fingerprint density at radius 3 is 2.38 bits per heavy atom. The predicted molar refractivity (Wildman–Crippen MR) is 131 cm³/mol. The molecule has 0 saturated carbocycles. The number of hydrogen-bond donors (Lipinski definition) is 1. The second-order valence-corrected chi connectivity index (χ2v) is 8.85. The van der Waals surface area contributed by atoms with Gasteiger partial charge in [-0.05, 0) is 67.0 Å². The van der Waals surface area contributed by atoms with E-state index in [1.807, 2.05) is 47.4 Å². The number of aryl methyl sites for hydroxylation is 1. The second-order valence-electron chi connectivity index (χ2n) is 8.85. The number of rotatable bonds is 9. The Hall–Kier alpha value is -3.54. The van der Waals surface area contributed by atoms with Gasteiger partial charge in [0.05, 0.1) is 13.4 Å². The highest BCUT2D eigenvalue weighted by Crippen LogP contribution is 2.24. The summed E-state index contributed by atoms with van der Waals surface area (Å²) in [6.07, 6.45) is 6.00. The van der Waals surface area contributed by atoms with Crippen molar-refractivity contribution in [2.24, 2.45) is 5.92 Å². The van der Waals surface area contributed by atoms with Gasteiger partial charge in [0.1, 0.15) is 11.8 Å². The molecule has 4 rings (SSSR count). The number of ether oxygens (including phenoxy) is 1. The fraction of sp³-hybridized carbons (Fsp3) is 0.357. The van der Waals surface area contributed by atoms with Gasteiger partial charge in [-0.2, -0.15) is 0 Å². The highest BCUT2D eigenvalue weighted by atomic mass is 16.5. The standard InChI is InChI=1S/C28H32N2O4/c1-33-24-13-11-21(12-14-24)9-10-22-15-17-30(18-16-22)28(32)25(20-23-6-3-2-4-7-23)29-27(31)26-8-5-19-34-26/h2-8,11-14,19,22,25H,9-10,15-18,20H2,1H3,(H,29,31)/t25-/m0/s1. The molecule has 178 valence electrons. The quantitative estimate of drug-likeness (QED) is 0.510. The summed E-state index contributed by atoms with van der Waals surface area (Å²) in [4.78, 5) is 27.9. The number of nitrogens with one attached hydrogen (secondary N) is 1. The highest BCUT2D eigenvalue weighted by molar-refractivity contribution is 5.95. The van der Waals surface area contributed by atoms with Gasteiger partial charge in [-0.25, -0.2) is 0 Å². The van der Waals surface area contributed by atoms with Crippen LogP contribution in [-0.2, 0) is 17.6 Å². The molecule has 34 heavy (non-hydrogen) atoms. The van der Waals surface area contributed by atoms with Crippen molar-refractivity contribution in [3.05, 3.63) is 89.9 Å². The van der Waals surface area contributed by atoms with E-state index in [0.717, 1.165) is 37.0 Å². The van der Waals surface area contributed by atoms with Crippen LogP contribution in [0.15, 0.2) is 77.4 Å². The van der Waals surface area contributed by atoms with Crippen LogP contribution in [-0.4, -0.2) is 43.0 Å². The molecule has 1 atom stereocenters. The Morgan fingerprint density at radius 2 is 1.74 bits per heavy atom. The van der Waals surface area contributed by atoms with Crippen molar-refractivity contribution in [2.45, 2.75) is 38.1 Å². The normalized spacial score (nSPS) is 15.0. The summed E-state index contributed by atoms with van der Waals surface area (Å²) in [5, 5.41) is 2.90. The van der Waals surface area contributed by atoms with Gasteiger partial charge in [0.15, 0.2) is 5.76 Å². The minimum absolute atomic E-state index is 0.0302. The molecule has 0 spiro atoms. The van der Waals surface area contributed by atoms with Gasteiger partial charge < -0.3 is 19.4 Å². The zero-order valence-corrected chi connectivity index (χ0v) is 19.6. The van der Waals surface area contributed by atoms with Gasteiger partial charge >= 0.3 is 0 Å². The first-order chi connectivity index (χ1) is 16.6. The molecule has 1 aromatic heterocycles. The molecular formula is C28H32N2O4. The summed E-state index contributed by atoms with van der Waals surface area (Å²) in [5.41, 5.74) is 2.32. The first-order valence-corrected chi connectivity index (χ1v) is 11.9. The van der Waals surface area contributed by atoms with Crippen molar-refractivity contribution >= 4 is 11.8 Å². The van der Waals surface area contributed by atoms with Crippen molar-refractivity contribution in [1.82, 2.24) is 10.2 Å². The zero-order chi connectivity index (χ0) is 23.8. The lowest BCUT2D eigenvalue weighted by Gasteiger charge is -2.34. The van der Waals surface area contributed by atoms with Crippen molar-refractivity contribution in [1.29, 1.82) is 0 Å². The molecule has 6 nitrogen and oxygen atoms in total. The molecule has 0 unspecified atom stereocenters. The van der Waals surface area contributed by atoms with Crippen LogP contribution < -0.4 is 10.1 Å². The van der Waals surface area contributed by atoms with E-state index in [2.05, 4.69) is 17.4 Å². The van der Waals surface area contributed by atoms with Gasteiger partial charge in [-0.1, -0.05) is 42.5 Å². The van der Waals surface area contributed by atoms with Crippen LogP contribution in [0.1, 0.15) is 40.9 Å². The zero-order valence-electron chi connectivity index (χ0n) is 19.6. The molecule has 1 saturated heterocycles. The van der Waals surface area contributed by atoms with Crippen molar-refractivity contribution in [3.8, 4) is 5.75 Å². The third kappa shape index (κ3) is 6.28. The Morgan fingerprint density at radius 1 is 1.00 bits per heavy atom. The number of carbonyl (C=O) groups is 2. The van der Waals surface area contributed by atoms with Crippen LogP contribution in [0.25, 0.3) is 0 Å². The second kappa shape index (κ2) is 11.5. The van der Waals surface area contributed by atoms with E-state index < -0.39 is 6.04 Å². The van der Waals surface area contributed by atoms with Gasteiger partial charge in [-0.15, -0.1) is 0 Å². The number of piperidine rings is 1. The topological polar surface area (TPSA) is 71.8 Å². The first kappa shape index (κ1) is 23.6. The van der Waals surface area contributed by atoms with E-state index in [1.165, 1.54) is 11.8 Å². The summed E-state index contributed by atoms with van der Waals surface area (Å²) in [5.74, 6) is 1.28. The van der Waals surface area contributed by atoms with Crippen molar-refractivity contribution in [2.75, 3.05) is 20.2 Å². The summed E-state index contributed by atoms with van der Waals surface area (Å²) in [6.45, 7) is 1.43. The smallest absolute Gasteiger partial charge is 0.287 e.